The number of primary amides is 1. The predicted octanol–water partition coefficient (Wildman–Crippen LogP) is -0.953. The van der Waals surface area contributed by atoms with Crippen molar-refractivity contribution < 1.29 is 27.1 Å². The fourth-order valence-corrected chi connectivity index (χ4v) is 1.82. The Kier molecular flexibility index (Phi) is 4.40. The summed E-state index contributed by atoms with van der Waals surface area (Å²) in [5, 5.41) is 6.57. The van der Waals surface area contributed by atoms with Gasteiger partial charge < -0.3 is 10.5 Å². The largest absolute Gasteiger partial charge is 0.482 e. The van der Waals surface area contributed by atoms with Gasteiger partial charge in [-0.1, -0.05) is 0 Å². The lowest BCUT2D eigenvalue weighted by Gasteiger charge is -2.09. The van der Waals surface area contributed by atoms with Gasteiger partial charge in [0, 0.05) is 0 Å². The second kappa shape index (κ2) is 5.63. The molecule has 0 unspecified atom stereocenters. The summed E-state index contributed by atoms with van der Waals surface area (Å²) in [5.41, 5.74) is 4.69. The SMILES string of the molecule is NC(=O)NC(=O)COc1ccc(F)cc1S(N)(=O)=O. The summed E-state index contributed by atoms with van der Waals surface area (Å²) in [7, 11) is -4.22. The average Bonchev–Trinajstić information content (AvgIpc) is 2.25. The molecule has 104 valence electrons. The number of urea groups is 1. The second-order valence-electron chi connectivity index (χ2n) is 3.34. The highest BCUT2D eigenvalue weighted by Gasteiger charge is 2.17. The van der Waals surface area contributed by atoms with Crippen molar-refractivity contribution in [2.24, 2.45) is 10.9 Å². The molecule has 5 N–H and O–H groups in total. The van der Waals surface area contributed by atoms with E-state index in [1.807, 2.05) is 0 Å². The number of ether oxygens (including phenoxy) is 1. The molecule has 0 aliphatic carbocycles. The normalized spacial score (nSPS) is 10.8. The number of nitrogens with two attached hydrogens (primary N) is 2. The Morgan fingerprint density at radius 3 is 2.53 bits per heavy atom. The molecular weight excluding hydrogens is 281 g/mol. The number of amides is 3. The van der Waals surface area contributed by atoms with Gasteiger partial charge in [-0.25, -0.2) is 22.7 Å². The van der Waals surface area contributed by atoms with Crippen LogP contribution in [0, 0.1) is 5.82 Å². The lowest BCUT2D eigenvalue weighted by molar-refractivity contribution is -0.122. The van der Waals surface area contributed by atoms with E-state index < -0.39 is 39.3 Å². The molecule has 0 aromatic heterocycles. The molecule has 0 aliphatic rings. The molecule has 0 atom stereocenters. The van der Waals surface area contributed by atoms with Crippen LogP contribution in [0.4, 0.5) is 9.18 Å². The second-order valence-corrected chi connectivity index (χ2v) is 4.87. The van der Waals surface area contributed by atoms with Gasteiger partial charge in [0.15, 0.2) is 6.61 Å². The van der Waals surface area contributed by atoms with Crippen LogP contribution in [0.25, 0.3) is 0 Å². The molecule has 0 spiro atoms. The smallest absolute Gasteiger partial charge is 0.318 e. The predicted molar refractivity (Wildman–Crippen MR) is 61.0 cm³/mol. The molecule has 8 nitrogen and oxygen atoms in total. The van der Waals surface area contributed by atoms with E-state index >= 15 is 0 Å². The topological polar surface area (TPSA) is 142 Å². The van der Waals surface area contributed by atoms with Gasteiger partial charge in [-0.15, -0.1) is 0 Å². The van der Waals surface area contributed by atoms with Crippen LogP contribution in [-0.4, -0.2) is 27.0 Å². The molecule has 1 aromatic carbocycles. The fourth-order valence-electron chi connectivity index (χ4n) is 1.14. The molecule has 0 saturated carbocycles. The number of hydrogen-bond acceptors (Lipinski definition) is 5. The summed E-state index contributed by atoms with van der Waals surface area (Å²) in [6, 6.07) is 1.48. The molecule has 0 heterocycles. The van der Waals surface area contributed by atoms with Crippen molar-refractivity contribution in [3.8, 4) is 5.75 Å². The average molecular weight is 291 g/mol. The first-order valence-electron chi connectivity index (χ1n) is 4.74. The zero-order valence-corrected chi connectivity index (χ0v) is 10.2. The van der Waals surface area contributed by atoms with Crippen LogP contribution in [0.1, 0.15) is 0 Å². The Morgan fingerprint density at radius 1 is 1.37 bits per heavy atom. The minimum Gasteiger partial charge on any atom is -0.482 e. The molecule has 0 fully saturated rings. The highest BCUT2D eigenvalue weighted by molar-refractivity contribution is 7.89. The third kappa shape index (κ3) is 4.52. The Morgan fingerprint density at radius 2 is 2.00 bits per heavy atom. The lowest BCUT2D eigenvalue weighted by Crippen LogP contribution is -2.38. The molecule has 1 aromatic rings. The molecule has 0 bridgehead atoms. The van der Waals surface area contributed by atoms with Gasteiger partial charge in [-0.2, -0.15) is 0 Å². The van der Waals surface area contributed by atoms with E-state index in [4.69, 9.17) is 9.88 Å². The zero-order valence-electron chi connectivity index (χ0n) is 9.42. The first kappa shape index (κ1) is 14.9. The van der Waals surface area contributed by atoms with E-state index in [1.165, 1.54) is 0 Å². The monoisotopic (exact) mass is 291 g/mol. The van der Waals surface area contributed by atoms with Crippen LogP contribution >= 0.6 is 0 Å². The number of halogens is 1. The molecule has 0 aliphatic heterocycles. The van der Waals surface area contributed by atoms with Crippen molar-refractivity contribution >= 4 is 22.0 Å². The Labute approximate surface area is 107 Å². The van der Waals surface area contributed by atoms with Crippen molar-refractivity contribution in [2.45, 2.75) is 4.90 Å². The van der Waals surface area contributed by atoms with Crippen LogP contribution in [-0.2, 0) is 14.8 Å². The summed E-state index contributed by atoms with van der Waals surface area (Å²) in [6.07, 6.45) is 0. The van der Waals surface area contributed by atoms with Crippen LogP contribution < -0.4 is 20.9 Å². The number of sulfonamides is 1. The van der Waals surface area contributed by atoms with E-state index in [0.717, 1.165) is 12.1 Å². The van der Waals surface area contributed by atoms with Crippen molar-refractivity contribution in [3.63, 3.8) is 0 Å². The summed E-state index contributed by atoms with van der Waals surface area (Å²) in [5.74, 6) is -2.04. The maximum Gasteiger partial charge on any atom is 0.318 e. The minimum absolute atomic E-state index is 0.316. The van der Waals surface area contributed by atoms with Gasteiger partial charge in [0.25, 0.3) is 5.91 Å². The van der Waals surface area contributed by atoms with Gasteiger partial charge in [0.1, 0.15) is 16.5 Å². The number of benzene rings is 1. The van der Waals surface area contributed by atoms with Crippen molar-refractivity contribution in [3.05, 3.63) is 24.0 Å². The molecule has 1 rings (SSSR count). The molecule has 10 heteroatoms. The highest BCUT2D eigenvalue weighted by atomic mass is 32.2. The number of carbonyl (C=O) groups excluding carboxylic acids is 2. The van der Waals surface area contributed by atoms with Crippen LogP contribution in [0.15, 0.2) is 23.1 Å². The summed E-state index contributed by atoms with van der Waals surface area (Å²) in [6.45, 7) is -0.683. The van der Waals surface area contributed by atoms with E-state index in [2.05, 4.69) is 5.73 Å². The van der Waals surface area contributed by atoms with E-state index in [9.17, 15) is 22.4 Å². The maximum absolute atomic E-state index is 12.9. The van der Waals surface area contributed by atoms with Crippen molar-refractivity contribution in [1.29, 1.82) is 0 Å². The van der Waals surface area contributed by atoms with Gasteiger partial charge in [-0.3, -0.25) is 10.1 Å². The van der Waals surface area contributed by atoms with Crippen LogP contribution in [0.2, 0.25) is 0 Å². The fraction of sp³-hybridized carbons (Fsp3) is 0.111. The highest BCUT2D eigenvalue weighted by Crippen LogP contribution is 2.23. The van der Waals surface area contributed by atoms with Gasteiger partial charge in [0.2, 0.25) is 10.0 Å². The zero-order chi connectivity index (χ0) is 14.6. The van der Waals surface area contributed by atoms with Gasteiger partial charge >= 0.3 is 6.03 Å². The first-order valence-corrected chi connectivity index (χ1v) is 6.29. The standard InChI is InChI=1S/C9H10FN3O5S/c10-5-1-2-6(7(3-5)19(12,16)17)18-4-8(14)13-9(11)15/h1-3H,4H2,(H2,12,16,17)(H3,11,13,14,15). The molecule has 0 radical (unpaired) electrons. The lowest BCUT2D eigenvalue weighted by atomic mass is 10.3. The summed E-state index contributed by atoms with van der Waals surface area (Å²) in [4.78, 5) is 20.8. The van der Waals surface area contributed by atoms with Crippen LogP contribution in [0.3, 0.4) is 0 Å². The van der Waals surface area contributed by atoms with Crippen molar-refractivity contribution in [1.82, 2.24) is 5.32 Å². The van der Waals surface area contributed by atoms with Crippen molar-refractivity contribution in [2.75, 3.05) is 6.61 Å². The quantitative estimate of drug-likeness (QED) is 0.655. The maximum atomic E-state index is 12.9. The Hall–Kier alpha value is -2.20. The van der Waals surface area contributed by atoms with E-state index in [1.54, 1.807) is 5.32 Å². The van der Waals surface area contributed by atoms with Crippen LogP contribution in [0.5, 0.6) is 5.75 Å². The minimum atomic E-state index is -4.22. The van der Waals surface area contributed by atoms with Gasteiger partial charge in [-0.05, 0) is 18.2 Å². The third-order valence-corrected chi connectivity index (χ3v) is 2.77. The number of primary sulfonamides is 1. The third-order valence-electron chi connectivity index (χ3n) is 1.83. The van der Waals surface area contributed by atoms with Gasteiger partial charge in [0.05, 0.1) is 0 Å². The number of carbonyl (C=O) groups is 2. The van der Waals surface area contributed by atoms with E-state index in [0.29, 0.717) is 6.07 Å². The molecule has 3 amide bonds. The Bertz CT molecular complexity index is 616. The first-order chi connectivity index (χ1) is 8.70. The van der Waals surface area contributed by atoms with E-state index in [-0.39, 0.29) is 5.75 Å². The Balaban J connectivity index is 2.90. The summed E-state index contributed by atoms with van der Waals surface area (Å²) >= 11 is 0. The number of imide groups is 1. The number of rotatable bonds is 4. The number of nitrogens with one attached hydrogen (secondary N) is 1. The molecule has 19 heavy (non-hydrogen) atoms. The molecule has 0 saturated heterocycles. The summed E-state index contributed by atoms with van der Waals surface area (Å²) < 4.78 is 40.1. The number of hydrogen-bond donors (Lipinski definition) is 3. The molecular formula is C9H10FN3O5S.